The fraction of sp³-hybridized carbons (Fsp3) is 0.562. The number of aldehydes is 1. The molecule has 0 unspecified atom stereocenters. The van der Waals surface area contributed by atoms with Crippen molar-refractivity contribution in [3.63, 3.8) is 0 Å². The van der Waals surface area contributed by atoms with Crippen molar-refractivity contribution in [2.24, 2.45) is 11.8 Å². The highest BCUT2D eigenvalue weighted by molar-refractivity contribution is 5.53. The van der Waals surface area contributed by atoms with Crippen molar-refractivity contribution in [1.29, 1.82) is 0 Å². The van der Waals surface area contributed by atoms with Crippen LogP contribution in [0.5, 0.6) is 5.75 Å². The molecule has 0 bridgehead atoms. The van der Waals surface area contributed by atoms with Crippen molar-refractivity contribution in [3.8, 4) is 5.75 Å². The SMILES string of the molecule is NN(CC1CC1)C[C@H](CC=O)c1cc2c(cc1F)OCC2. The number of hydrogen-bond acceptors (Lipinski definition) is 4. The molecule has 2 N–H and O–H groups in total. The van der Waals surface area contributed by atoms with Gasteiger partial charge in [-0.15, -0.1) is 0 Å². The molecule has 1 aliphatic heterocycles. The topological polar surface area (TPSA) is 55.6 Å². The minimum atomic E-state index is -0.303. The summed E-state index contributed by atoms with van der Waals surface area (Å²) in [6, 6.07) is 3.29. The van der Waals surface area contributed by atoms with E-state index in [-0.39, 0.29) is 18.2 Å². The third-order valence-corrected chi connectivity index (χ3v) is 4.27. The quantitative estimate of drug-likeness (QED) is 0.474. The molecule has 1 fully saturated rings. The van der Waals surface area contributed by atoms with E-state index >= 15 is 0 Å². The van der Waals surface area contributed by atoms with Crippen LogP contribution in [0.3, 0.4) is 0 Å². The zero-order valence-electron chi connectivity index (χ0n) is 12.1. The lowest BCUT2D eigenvalue weighted by Crippen LogP contribution is -2.37. The fourth-order valence-electron chi connectivity index (χ4n) is 2.94. The van der Waals surface area contributed by atoms with Gasteiger partial charge in [-0.1, -0.05) is 0 Å². The molecule has 21 heavy (non-hydrogen) atoms. The summed E-state index contributed by atoms with van der Waals surface area (Å²) in [7, 11) is 0. The average Bonchev–Trinajstić information content (AvgIpc) is 3.13. The fourth-order valence-corrected chi connectivity index (χ4v) is 2.94. The number of hydrazine groups is 1. The molecule has 2 aliphatic rings. The number of carbonyl (C=O) groups excluding carboxylic acids is 1. The number of rotatable bonds is 7. The lowest BCUT2D eigenvalue weighted by atomic mass is 9.93. The first kappa shape index (κ1) is 14.5. The van der Waals surface area contributed by atoms with Crippen LogP contribution in [-0.4, -0.2) is 31.0 Å². The first-order chi connectivity index (χ1) is 10.2. The second-order valence-corrected chi connectivity index (χ2v) is 6.08. The Morgan fingerprint density at radius 1 is 1.48 bits per heavy atom. The lowest BCUT2D eigenvalue weighted by Gasteiger charge is -2.23. The smallest absolute Gasteiger partial charge is 0.130 e. The van der Waals surface area contributed by atoms with Gasteiger partial charge >= 0.3 is 0 Å². The summed E-state index contributed by atoms with van der Waals surface area (Å²) < 4.78 is 19.7. The number of fused-ring (bicyclic) bond motifs is 1. The molecule has 0 amide bonds. The van der Waals surface area contributed by atoms with E-state index in [0.29, 0.717) is 30.4 Å². The molecule has 1 heterocycles. The second-order valence-electron chi connectivity index (χ2n) is 6.08. The largest absolute Gasteiger partial charge is 0.493 e. The highest BCUT2D eigenvalue weighted by atomic mass is 19.1. The van der Waals surface area contributed by atoms with Gasteiger partial charge in [0.1, 0.15) is 17.9 Å². The summed E-state index contributed by atoms with van der Waals surface area (Å²) in [5, 5.41) is 1.73. The molecule has 1 atom stereocenters. The minimum absolute atomic E-state index is 0.197. The summed E-state index contributed by atoms with van der Waals surface area (Å²) in [5.74, 6) is 6.82. The Bertz CT molecular complexity index is 531. The molecule has 1 saturated carbocycles. The van der Waals surface area contributed by atoms with Gasteiger partial charge in [0.05, 0.1) is 6.61 Å². The van der Waals surface area contributed by atoms with Crippen molar-refractivity contribution in [2.75, 3.05) is 19.7 Å². The van der Waals surface area contributed by atoms with Crippen LogP contribution in [0.2, 0.25) is 0 Å². The van der Waals surface area contributed by atoms with Gasteiger partial charge in [0.15, 0.2) is 0 Å². The molecule has 1 aromatic rings. The van der Waals surface area contributed by atoms with Crippen LogP contribution in [0.15, 0.2) is 12.1 Å². The summed E-state index contributed by atoms with van der Waals surface area (Å²) in [4.78, 5) is 10.9. The molecule has 1 aromatic carbocycles. The molecule has 5 heteroatoms. The van der Waals surface area contributed by atoms with Gasteiger partial charge in [-0.05, 0) is 36.0 Å². The van der Waals surface area contributed by atoms with Crippen molar-refractivity contribution in [1.82, 2.24) is 5.01 Å². The van der Waals surface area contributed by atoms with Gasteiger partial charge in [-0.2, -0.15) is 0 Å². The Kier molecular flexibility index (Phi) is 4.22. The van der Waals surface area contributed by atoms with E-state index < -0.39 is 0 Å². The molecule has 0 aromatic heterocycles. The highest BCUT2D eigenvalue weighted by Gasteiger charge is 2.26. The number of ether oxygens (including phenoxy) is 1. The molecule has 0 saturated heterocycles. The number of hydrogen-bond donors (Lipinski definition) is 1. The molecule has 1 aliphatic carbocycles. The van der Waals surface area contributed by atoms with E-state index in [9.17, 15) is 9.18 Å². The van der Waals surface area contributed by atoms with Crippen molar-refractivity contribution >= 4 is 6.29 Å². The average molecular weight is 292 g/mol. The summed E-state index contributed by atoms with van der Waals surface area (Å²) >= 11 is 0. The van der Waals surface area contributed by atoms with Crippen LogP contribution in [0.25, 0.3) is 0 Å². The Balaban J connectivity index is 1.77. The lowest BCUT2D eigenvalue weighted by molar-refractivity contribution is -0.108. The maximum Gasteiger partial charge on any atom is 0.130 e. The summed E-state index contributed by atoms with van der Waals surface area (Å²) in [6.07, 6.45) is 4.37. The monoisotopic (exact) mass is 292 g/mol. The van der Waals surface area contributed by atoms with Crippen LogP contribution < -0.4 is 10.6 Å². The van der Waals surface area contributed by atoms with Gasteiger partial charge in [0.2, 0.25) is 0 Å². The number of carbonyl (C=O) groups is 1. The van der Waals surface area contributed by atoms with E-state index in [4.69, 9.17) is 10.6 Å². The van der Waals surface area contributed by atoms with E-state index in [2.05, 4.69) is 0 Å². The Morgan fingerprint density at radius 2 is 2.29 bits per heavy atom. The van der Waals surface area contributed by atoms with Crippen LogP contribution in [0.4, 0.5) is 4.39 Å². The predicted molar refractivity (Wildman–Crippen MR) is 77.5 cm³/mol. The van der Waals surface area contributed by atoms with Gasteiger partial charge in [-0.25, -0.2) is 9.40 Å². The highest BCUT2D eigenvalue weighted by Crippen LogP contribution is 2.33. The normalized spacial score (nSPS) is 18.4. The van der Waals surface area contributed by atoms with Crippen molar-refractivity contribution in [2.45, 2.75) is 31.6 Å². The zero-order chi connectivity index (χ0) is 14.8. The van der Waals surface area contributed by atoms with Gasteiger partial charge in [-0.3, -0.25) is 5.84 Å². The molecule has 4 nitrogen and oxygen atoms in total. The maximum atomic E-state index is 14.3. The standard InChI is InChI=1S/C16H21FN2O2/c17-15-8-16-12(4-6-21-16)7-14(15)13(3-5-20)10-19(18)9-11-1-2-11/h5,7-8,11,13H,1-4,6,9-10,18H2/t13-/m0/s1. The van der Waals surface area contributed by atoms with Crippen LogP contribution in [-0.2, 0) is 11.2 Å². The number of nitrogens with two attached hydrogens (primary N) is 1. The van der Waals surface area contributed by atoms with E-state index in [1.165, 1.54) is 18.9 Å². The predicted octanol–water partition coefficient (Wildman–Crippen LogP) is 2.02. The van der Waals surface area contributed by atoms with E-state index in [1.807, 2.05) is 6.07 Å². The summed E-state index contributed by atoms with van der Waals surface area (Å²) in [5.41, 5.74) is 1.60. The van der Waals surface area contributed by atoms with Gasteiger partial charge < -0.3 is 9.53 Å². The Labute approximate surface area is 124 Å². The minimum Gasteiger partial charge on any atom is -0.493 e. The summed E-state index contributed by atoms with van der Waals surface area (Å²) in [6.45, 7) is 1.93. The molecule has 0 radical (unpaired) electrons. The van der Waals surface area contributed by atoms with E-state index in [1.54, 1.807) is 5.01 Å². The van der Waals surface area contributed by atoms with Crippen LogP contribution in [0, 0.1) is 11.7 Å². The van der Waals surface area contributed by atoms with Crippen LogP contribution >= 0.6 is 0 Å². The Morgan fingerprint density at radius 3 is 3.00 bits per heavy atom. The molecular formula is C16H21FN2O2. The second kappa shape index (κ2) is 6.12. The van der Waals surface area contributed by atoms with Crippen molar-refractivity contribution in [3.05, 3.63) is 29.1 Å². The molecule has 3 rings (SSSR count). The van der Waals surface area contributed by atoms with Gasteiger partial charge in [0, 0.05) is 37.9 Å². The molecular weight excluding hydrogens is 271 g/mol. The number of nitrogens with zero attached hydrogens (tertiary/aromatic N) is 1. The Hall–Kier alpha value is -1.46. The number of halogens is 1. The van der Waals surface area contributed by atoms with Crippen molar-refractivity contribution < 1.29 is 13.9 Å². The third-order valence-electron chi connectivity index (χ3n) is 4.27. The van der Waals surface area contributed by atoms with E-state index in [0.717, 1.165) is 24.8 Å². The molecule has 114 valence electrons. The molecule has 0 spiro atoms. The first-order valence-corrected chi connectivity index (χ1v) is 7.55. The zero-order valence-corrected chi connectivity index (χ0v) is 12.1. The van der Waals surface area contributed by atoms with Crippen LogP contribution in [0.1, 0.15) is 36.3 Å². The number of benzene rings is 1. The third kappa shape index (κ3) is 3.41. The van der Waals surface area contributed by atoms with Gasteiger partial charge in [0.25, 0.3) is 0 Å². The maximum absolute atomic E-state index is 14.3. The first-order valence-electron chi connectivity index (χ1n) is 7.55.